The molecule has 1 N–H and O–H groups in total. The van der Waals surface area contributed by atoms with E-state index in [1.807, 2.05) is 30.3 Å². The molecule has 21 heavy (non-hydrogen) atoms. The molecule has 0 fully saturated rings. The van der Waals surface area contributed by atoms with Crippen molar-refractivity contribution in [3.8, 4) is 0 Å². The molecule has 0 aliphatic rings. The molecule has 1 aromatic rings. The van der Waals surface area contributed by atoms with Crippen LogP contribution in [0, 0.1) is 0 Å². The number of amides is 1. The Bertz CT molecular complexity index is 465. The lowest BCUT2D eigenvalue weighted by atomic mass is 10.0. The lowest BCUT2D eigenvalue weighted by Crippen LogP contribution is -2.41. The number of nitrogens with one attached hydrogen (secondary N) is 1. The summed E-state index contributed by atoms with van der Waals surface area (Å²) >= 11 is 0. The lowest BCUT2D eigenvalue weighted by molar-refractivity contribution is -0.305. The fourth-order valence-electron chi connectivity index (χ4n) is 1.89. The molecule has 1 atom stereocenters. The van der Waals surface area contributed by atoms with Crippen LogP contribution in [0.1, 0.15) is 39.2 Å². The van der Waals surface area contributed by atoms with Crippen LogP contribution in [0.2, 0.25) is 0 Å². The van der Waals surface area contributed by atoms with E-state index in [1.54, 1.807) is 20.8 Å². The van der Waals surface area contributed by atoms with Gasteiger partial charge in [0, 0.05) is 12.0 Å². The van der Waals surface area contributed by atoms with Crippen LogP contribution in [0.5, 0.6) is 0 Å². The van der Waals surface area contributed by atoms with Crippen LogP contribution >= 0.6 is 0 Å². The second-order valence-corrected chi connectivity index (χ2v) is 5.94. The SMILES string of the molecule is CC(C)(C)OC(=O)N[C@H](CCC(=O)[O-])Cc1ccccc1. The second-order valence-electron chi connectivity index (χ2n) is 5.94. The van der Waals surface area contributed by atoms with Gasteiger partial charge in [-0.05, 0) is 45.6 Å². The number of rotatable bonds is 6. The van der Waals surface area contributed by atoms with Crippen molar-refractivity contribution in [1.82, 2.24) is 5.32 Å². The number of carboxylic acid groups (broad SMARTS) is 1. The van der Waals surface area contributed by atoms with Crippen LogP contribution in [0.15, 0.2) is 30.3 Å². The van der Waals surface area contributed by atoms with Crippen molar-refractivity contribution in [3.63, 3.8) is 0 Å². The molecule has 0 radical (unpaired) electrons. The molecule has 0 heterocycles. The molecule has 0 saturated heterocycles. The summed E-state index contributed by atoms with van der Waals surface area (Å²) in [6.45, 7) is 5.33. The third-order valence-corrected chi connectivity index (χ3v) is 2.74. The summed E-state index contributed by atoms with van der Waals surface area (Å²) in [4.78, 5) is 22.4. The zero-order valence-electron chi connectivity index (χ0n) is 12.7. The Balaban J connectivity index is 2.63. The molecular formula is C16H22NO4-. The molecule has 0 bridgehead atoms. The highest BCUT2D eigenvalue weighted by Crippen LogP contribution is 2.10. The highest BCUT2D eigenvalue weighted by molar-refractivity contribution is 5.68. The van der Waals surface area contributed by atoms with Gasteiger partial charge in [0.1, 0.15) is 5.60 Å². The Morgan fingerprint density at radius 3 is 2.38 bits per heavy atom. The van der Waals surface area contributed by atoms with Crippen molar-refractivity contribution in [2.45, 2.75) is 51.7 Å². The van der Waals surface area contributed by atoms with Crippen LogP contribution in [0.3, 0.4) is 0 Å². The number of hydrogen-bond donors (Lipinski definition) is 1. The van der Waals surface area contributed by atoms with E-state index in [0.29, 0.717) is 12.8 Å². The van der Waals surface area contributed by atoms with E-state index in [9.17, 15) is 14.7 Å². The van der Waals surface area contributed by atoms with Gasteiger partial charge in [0.25, 0.3) is 0 Å². The topological polar surface area (TPSA) is 78.5 Å². The predicted octanol–water partition coefficient (Wildman–Crippen LogP) is 1.65. The van der Waals surface area contributed by atoms with Crippen molar-refractivity contribution in [2.24, 2.45) is 0 Å². The van der Waals surface area contributed by atoms with Gasteiger partial charge in [0.05, 0.1) is 0 Å². The number of carbonyl (C=O) groups is 2. The first-order chi connectivity index (χ1) is 9.76. The maximum absolute atomic E-state index is 11.8. The van der Waals surface area contributed by atoms with E-state index < -0.39 is 17.7 Å². The van der Waals surface area contributed by atoms with Crippen molar-refractivity contribution < 1.29 is 19.4 Å². The first-order valence-corrected chi connectivity index (χ1v) is 6.99. The van der Waals surface area contributed by atoms with E-state index in [2.05, 4.69) is 5.32 Å². The van der Waals surface area contributed by atoms with Crippen molar-refractivity contribution >= 4 is 12.1 Å². The highest BCUT2D eigenvalue weighted by atomic mass is 16.6. The number of alkyl carbamates (subject to hydrolysis) is 1. The number of carboxylic acids is 1. The third kappa shape index (κ3) is 7.97. The Kier molecular flexibility index (Phi) is 6.21. The van der Waals surface area contributed by atoms with Gasteiger partial charge in [0.15, 0.2) is 0 Å². The van der Waals surface area contributed by atoms with Crippen molar-refractivity contribution in [3.05, 3.63) is 35.9 Å². The van der Waals surface area contributed by atoms with Gasteiger partial charge >= 0.3 is 6.09 Å². The van der Waals surface area contributed by atoms with Gasteiger partial charge < -0.3 is 20.0 Å². The number of carbonyl (C=O) groups excluding carboxylic acids is 2. The number of aliphatic carboxylic acids is 1. The van der Waals surface area contributed by atoms with Gasteiger partial charge in [-0.25, -0.2) is 4.79 Å². The minimum Gasteiger partial charge on any atom is -0.550 e. The lowest BCUT2D eigenvalue weighted by Gasteiger charge is -2.24. The van der Waals surface area contributed by atoms with Gasteiger partial charge in [-0.1, -0.05) is 30.3 Å². The van der Waals surface area contributed by atoms with E-state index in [1.165, 1.54) is 0 Å². The molecule has 1 rings (SSSR count). The zero-order valence-corrected chi connectivity index (χ0v) is 12.7. The van der Waals surface area contributed by atoms with E-state index in [0.717, 1.165) is 5.56 Å². The molecule has 1 aromatic carbocycles. The molecule has 0 aliphatic heterocycles. The summed E-state index contributed by atoms with van der Waals surface area (Å²) in [5.41, 5.74) is 0.437. The number of hydrogen-bond acceptors (Lipinski definition) is 4. The first-order valence-electron chi connectivity index (χ1n) is 6.99. The molecule has 0 aromatic heterocycles. The summed E-state index contributed by atoms with van der Waals surface area (Å²) in [7, 11) is 0. The summed E-state index contributed by atoms with van der Waals surface area (Å²) < 4.78 is 5.20. The Morgan fingerprint density at radius 1 is 1.24 bits per heavy atom. The number of benzene rings is 1. The second kappa shape index (κ2) is 7.67. The first kappa shape index (κ1) is 17.0. The van der Waals surface area contributed by atoms with Crippen molar-refractivity contribution in [2.75, 3.05) is 0 Å². The largest absolute Gasteiger partial charge is 0.550 e. The maximum Gasteiger partial charge on any atom is 0.407 e. The minimum absolute atomic E-state index is 0.104. The average molecular weight is 292 g/mol. The smallest absolute Gasteiger partial charge is 0.407 e. The molecule has 0 unspecified atom stereocenters. The van der Waals surface area contributed by atoms with Crippen LogP contribution in [-0.2, 0) is 16.0 Å². The summed E-state index contributed by atoms with van der Waals surface area (Å²) in [5.74, 6) is -1.13. The molecular weight excluding hydrogens is 270 g/mol. The summed E-state index contributed by atoms with van der Waals surface area (Å²) in [5, 5.41) is 13.3. The molecule has 0 spiro atoms. The molecule has 1 amide bonds. The average Bonchev–Trinajstić information content (AvgIpc) is 2.34. The van der Waals surface area contributed by atoms with Gasteiger partial charge in [-0.2, -0.15) is 0 Å². The zero-order chi connectivity index (χ0) is 15.9. The highest BCUT2D eigenvalue weighted by Gasteiger charge is 2.19. The summed E-state index contributed by atoms with van der Waals surface area (Å²) in [6, 6.07) is 9.27. The van der Waals surface area contributed by atoms with E-state index in [-0.39, 0.29) is 12.5 Å². The van der Waals surface area contributed by atoms with Crippen molar-refractivity contribution in [1.29, 1.82) is 0 Å². The fraction of sp³-hybridized carbons (Fsp3) is 0.500. The number of ether oxygens (including phenoxy) is 1. The van der Waals surface area contributed by atoms with Gasteiger partial charge in [0.2, 0.25) is 0 Å². The van der Waals surface area contributed by atoms with E-state index >= 15 is 0 Å². The van der Waals surface area contributed by atoms with Crippen LogP contribution < -0.4 is 10.4 Å². The molecule has 116 valence electrons. The molecule has 0 aliphatic carbocycles. The third-order valence-electron chi connectivity index (χ3n) is 2.74. The monoisotopic (exact) mass is 292 g/mol. The Morgan fingerprint density at radius 2 is 1.86 bits per heavy atom. The van der Waals surface area contributed by atoms with E-state index in [4.69, 9.17) is 4.74 Å². The predicted molar refractivity (Wildman–Crippen MR) is 77.5 cm³/mol. The van der Waals surface area contributed by atoms with Gasteiger partial charge in [-0.15, -0.1) is 0 Å². The van der Waals surface area contributed by atoms with Crippen LogP contribution in [-0.4, -0.2) is 23.7 Å². The van der Waals surface area contributed by atoms with Crippen LogP contribution in [0.4, 0.5) is 4.79 Å². The molecule has 0 saturated carbocycles. The maximum atomic E-state index is 11.8. The molecule has 5 heteroatoms. The Hall–Kier alpha value is -2.04. The quantitative estimate of drug-likeness (QED) is 0.864. The van der Waals surface area contributed by atoms with Crippen LogP contribution in [0.25, 0.3) is 0 Å². The normalized spacial score (nSPS) is 12.5. The molecule has 5 nitrogen and oxygen atoms in total. The standard InChI is InChI=1S/C16H23NO4/c1-16(2,3)21-15(20)17-13(9-10-14(18)19)11-12-7-5-4-6-8-12/h4-8,13H,9-11H2,1-3H3,(H,17,20)(H,18,19)/p-1/t13-/m1/s1. The summed E-state index contributed by atoms with van der Waals surface area (Å²) in [6.07, 6.45) is 0.207. The minimum atomic E-state index is -1.13. The fourth-order valence-corrected chi connectivity index (χ4v) is 1.89. The van der Waals surface area contributed by atoms with Gasteiger partial charge in [-0.3, -0.25) is 0 Å². The Labute approximate surface area is 125 Å².